The largest absolute Gasteiger partial charge is 0.464 e. The summed E-state index contributed by atoms with van der Waals surface area (Å²) in [5.41, 5.74) is 9.29. The number of aromatic nitrogens is 3. The van der Waals surface area contributed by atoms with Gasteiger partial charge in [-0.25, -0.2) is 15.2 Å². The van der Waals surface area contributed by atoms with E-state index in [2.05, 4.69) is 65.2 Å². The van der Waals surface area contributed by atoms with E-state index < -0.39 is 41.3 Å². The standard InChI is InChI=1S/C56H76N10O8S/c1-9-65-45-17-16-38-29-40(45)41(50(65)39-13-10-20-57-48(39)37(4)72-8)31-55(5,6)35-74-53(70)42-14-11-22-66(60-42)52(69)43(30-46-58-44(38)32-75-46)59-51(68)49(36(2)3)61(7)54(71)63-23-18-56(19-24-63)33-64(34-56)47(67)15-12-21-62-25-27-73-28-26-62/h10,12-13,15-17,20,29,32,36-37,42-43,49,60H,9,11,14,18-19,21-28,30-31,33-35H2,1-8H3,(H,59,68)/b15-12+/t37-,42-,43-,49?/m0/s1. The number of hydrogen-bond donors (Lipinski definition) is 2. The first-order valence-corrected chi connectivity index (χ1v) is 27.8. The number of likely N-dealkylation sites (tertiary alicyclic amines) is 2. The highest BCUT2D eigenvalue weighted by atomic mass is 32.1. The van der Waals surface area contributed by atoms with Crippen molar-refractivity contribution in [3.8, 4) is 22.5 Å². The highest BCUT2D eigenvalue weighted by molar-refractivity contribution is 7.10. The molecule has 4 fully saturated rings. The monoisotopic (exact) mass is 1050 g/mol. The number of nitrogens with one attached hydrogen (secondary N) is 2. The SMILES string of the molecule is CCn1c(-c2cccnc2[C@H](C)OC)c2c3cc(ccc31)-c1csc(n1)C[C@H](NC(=O)C(C(C)C)N(C)C(=O)N1CCC3(CC1)CN(C(=O)/C=C/CN1CCOCC1)C3)C(=O)N1CCC[C@H](N1)C(=O)OCC(C)(C)C2. The highest BCUT2D eigenvalue weighted by Crippen LogP contribution is 2.43. The molecule has 9 rings (SSSR count). The lowest BCUT2D eigenvalue weighted by Crippen LogP contribution is -2.64. The number of hydrazine groups is 1. The normalized spacial score (nSPS) is 22.2. The van der Waals surface area contributed by atoms with E-state index in [1.54, 1.807) is 31.3 Å². The van der Waals surface area contributed by atoms with Crippen LogP contribution in [0.25, 0.3) is 33.4 Å². The fourth-order valence-corrected chi connectivity index (χ4v) is 12.5. The van der Waals surface area contributed by atoms with Crippen molar-refractivity contribution in [2.75, 3.05) is 86.3 Å². The summed E-state index contributed by atoms with van der Waals surface area (Å²) in [4.78, 5) is 88.1. The number of morpholine rings is 1. The molecule has 5 aliphatic heterocycles. The van der Waals surface area contributed by atoms with E-state index in [1.165, 1.54) is 21.2 Å². The van der Waals surface area contributed by atoms with Crippen molar-refractivity contribution in [2.24, 2.45) is 16.7 Å². The molecule has 6 bridgehead atoms. The van der Waals surface area contributed by atoms with Gasteiger partial charge in [0.15, 0.2) is 0 Å². The van der Waals surface area contributed by atoms with Gasteiger partial charge in [-0.3, -0.25) is 34.1 Å². The predicted octanol–water partition coefficient (Wildman–Crippen LogP) is 6.09. The molecule has 3 aromatic heterocycles. The summed E-state index contributed by atoms with van der Waals surface area (Å²) in [5, 5.41) is 8.21. The Hall–Kier alpha value is -5.73. The molecule has 0 saturated carbocycles. The highest BCUT2D eigenvalue weighted by Gasteiger charge is 2.48. The summed E-state index contributed by atoms with van der Waals surface area (Å²) in [6, 6.07) is 7.44. The van der Waals surface area contributed by atoms with Crippen LogP contribution in [0, 0.1) is 16.7 Å². The van der Waals surface area contributed by atoms with E-state index in [0.29, 0.717) is 76.8 Å². The average Bonchev–Trinajstić information content (AvgIpc) is 4.00. The lowest BCUT2D eigenvalue weighted by molar-refractivity contribution is -0.155. The van der Waals surface area contributed by atoms with E-state index in [4.69, 9.17) is 24.2 Å². The molecule has 4 aromatic rings. The molecule has 404 valence electrons. The van der Waals surface area contributed by atoms with Crippen molar-refractivity contribution >= 4 is 52.0 Å². The molecule has 75 heavy (non-hydrogen) atoms. The zero-order chi connectivity index (χ0) is 53.2. The van der Waals surface area contributed by atoms with Crippen molar-refractivity contribution in [1.82, 2.24) is 49.9 Å². The van der Waals surface area contributed by atoms with Crippen molar-refractivity contribution in [1.29, 1.82) is 0 Å². The Morgan fingerprint density at radius 3 is 2.52 bits per heavy atom. The number of thiazole rings is 1. The van der Waals surface area contributed by atoms with Gasteiger partial charge in [-0.05, 0) is 81.7 Å². The summed E-state index contributed by atoms with van der Waals surface area (Å²) in [6.07, 6.45) is 8.35. The molecule has 19 heteroatoms. The lowest BCUT2D eigenvalue weighted by Gasteiger charge is -2.54. The molecule has 0 radical (unpaired) electrons. The molecule has 8 heterocycles. The zero-order valence-corrected chi connectivity index (χ0v) is 45.9. The number of likely N-dealkylation sites (N-methyl/N-ethyl adjacent to an activating group) is 1. The quantitative estimate of drug-likeness (QED) is 0.130. The van der Waals surface area contributed by atoms with Gasteiger partial charge in [-0.2, -0.15) is 0 Å². The molecule has 4 saturated heterocycles. The third kappa shape index (κ3) is 11.7. The van der Waals surface area contributed by atoms with Gasteiger partial charge >= 0.3 is 12.0 Å². The van der Waals surface area contributed by atoms with Crippen LogP contribution < -0.4 is 10.7 Å². The topological polar surface area (TPSA) is 184 Å². The first-order valence-electron chi connectivity index (χ1n) is 26.9. The minimum Gasteiger partial charge on any atom is -0.464 e. The number of carbonyl (C=O) groups excluding carboxylic acids is 5. The van der Waals surface area contributed by atoms with Gasteiger partial charge in [0, 0.05) is 130 Å². The maximum atomic E-state index is 14.8. The number of aryl methyl sites for hydroxylation is 1. The van der Waals surface area contributed by atoms with Gasteiger partial charge < -0.3 is 38.8 Å². The number of esters is 1. The number of hydrogen-bond acceptors (Lipinski definition) is 13. The molecule has 0 aliphatic carbocycles. The number of nitrogens with zero attached hydrogens (tertiary/aromatic N) is 8. The minimum atomic E-state index is -1.08. The number of piperidine rings is 1. The van der Waals surface area contributed by atoms with Crippen LogP contribution in [0.4, 0.5) is 4.79 Å². The Kier molecular flexibility index (Phi) is 16.5. The Morgan fingerprint density at radius 2 is 1.80 bits per heavy atom. The Bertz CT molecular complexity index is 2770. The molecule has 1 spiro atoms. The van der Waals surface area contributed by atoms with Gasteiger partial charge in [-0.1, -0.05) is 39.8 Å². The second kappa shape index (κ2) is 22.9. The third-order valence-corrected chi connectivity index (χ3v) is 16.8. The van der Waals surface area contributed by atoms with Crippen LogP contribution in [0.5, 0.6) is 0 Å². The number of carbonyl (C=O) groups is 5. The molecule has 1 aromatic carbocycles. The maximum Gasteiger partial charge on any atom is 0.324 e. The lowest BCUT2D eigenvalue weighted by atomic mass is 9.72. The van der Waals surface area contributed by atoms with E-state index in [0.717, 1.165) is 77.2 Å². The molecular formula is C56H76N10O8S. The van der Waals surface area contributed by atoms with Crippen molar-refractivity contribution in [3.05, 3.63) is 70.3 Å². The van der Waals surface area contributed by atoms with Gasteiger partial charge in [0.1, 0.15) is 18.1 Å². The van der Waals surface area contributed by atoms with Crippen LogP contribution in [-0.2, 0) is 52.8 Å². The fourth-order valence-electron chi connectivity index (χ4n) is 11.7. The van der Waals surface area contributed by atoms with Crippen molar-refractivity contribution in [3.63, 3.8) is 0 Å². The summed E-state index contributed by atoms with van der Waals surface area (Å²) < 4.78 is 19.7. The Labute approximate surface area is 445 Å². The summed E-state index contributed by atoms with van der Waals surface area (Å²) in [6.45, 7) is 19.5. The first-order chi connectivity index (χ1) is 36.0. The van der Waals surface area contributed by atoms with Crippen LogP contribution in [0.2, 0.25) is 0 Å². The zero-order valence-electron chi connectivity index (χ0n) is 45.1. The number of fused-ring (bicyclic) bond motifs is 6. The van der Waals surface area contributed by atoms with Crippen molar-refractivity contribution < 1.29 is 38.2 Å². The number of cyclic esters (lactones) is 1. The van der Waals surface area contributed by atoms with Gasteiger partial charge in [0.25, 0.3) is 5.91 Å². The van der Waals surface area contributed by atoms with Gasteiger partial charge in [0.05, 0.1) is 48.0 Å². The number of methoxy groups -OCH3 is 1. The first kappa shape index (κ1) is 54.1. The smallest absolute Gasteiger partial charge is 0.324 e. The average molecular weight is 1050 g/mol. The number of ether oxygens (including phenoxy) is 3. The summed E-state index contributed by atoms with van der Waals surface area (Å²) in [5.74, 6) is -1.60. The Morgan fingerprint density at radius 1 is 1.04 bits per heavy atom. The molecule has 4 atom stereocenters. The van der Waals surface area contributed by atoms with E-state index in [1.807, 2.05) is 43.2 Å². The summed E-state index contributed by atoms with van der Waals surface area (Å²) >= 11 is 1.42. The third-order valence-electron chi connectivity index (χ3n) is 16.0. The Balaban J connectivity index is 0.946. The van der Waals surface area contributed by atoms with Gasteiger partial charge in [0.2, 0.25) is 11.8 Å². The van der Waals surface area contributed by atoms with Crippen LogP contribution in [0.3, 0.4) is 0 Å². The number of pyridine rings is 1. The van der Waals surface area contributed by atoms with E-state index in [9.17, 15) is 24.0 Å². The van der Waals surface area contributed by atoms with Crippen LogP contribution >= 0.6 is 11.3 Å². The fraction of sp³-hybridized carbons (Fsp3) is 0.589. The number of urea groups is 1. The van der Waals surface area contributed by atoms with Crippen LogP contribution in [0.1, 0.15) is 89.6 Å². The molecule has 5 amide bonds. The predicted molar refractivity (Wildman–Crippen MR) is 287 cm³/mol. The van der Waals surface area contributed by atoms with Gasteiger partial charge in [-0.15, -0.1) is 11.3 Å². The molecule has 2 N–H and O–H groups in total. The van der Waals surface area contributed by atoms with E-state index >= 15 is 0 Å². The number of benzene rings is 1. The van der Waals surface area contributed by atoms with Crippen molar-refractivity contribution in [2.45, 2.75) is 111 Å². The molecule has 18 nitrogen and oxygen atoms in total. The summed E-state index contributed by atoms with van der Waals surface area (Å²) in [7, 11) is 3.34. The second-order valence-electron chi connectivity index (χ2n) is 22.4. The number of rotatable bonds is 11. The van der Waals surface area contributed by atoms with E-state index in [-0.39, 0.29) is 42.4 Å². The van der Waals surface area contributed by atoms with Crippen LogP contribution in [0.15, 0.2) is 54.1 Å². The second-order valence-corrected chi connectivity index (χ2v) is 23.3. The molecule has 5 aliphatic rings. The minimum absolute atomic E-state index is 0.0186. The molecular weight excluding hydrogens is 973 g/mol. The number of amides is 5. The maximum absolute atomic E-state index is 14.8. The van der Waals surface area contributed by atoms with Crippen LogP contribution in [-0.4, -0.2) is 173 Å². The molecule has 1 unspecified atom stereocenters.